The highest BCUT2D eigenvalue weighted by atomic mass is 16.3. The van der Waals surface area contributed by atoms with Gasteiger partial charge in [0.1, 0.15) is 0 Å². The molecular weight excluding hydrogens is 236 g/mol. The van der Waals surface area contributed by atoms with E-state index in [1.807, 2.05) is 0 Å². The molecule has 2 N–H and O–H groups in total. The van der Waals surface area contributed by atoms with Crippen LogP contribution in [0.5, 0.6) is 0 Å². The van der Waals surface area contributed by atoms with Crippen molar-refractivity contribution >= 4 is 0 Å². The van der Waals surface area contributed by atoms with E-state index in [2.05, 4.69) is 17.1 Å². The summed E-state index contributed by atoms with van der Waals surface area (Å²) in [6, 6.07) is 1.15. The summed E-state index contributed by atoms with van der Waals surface area (Å²) in [4.78, 5) is 2.59. The molecule has 2 aliphatic rings. The molecule has 3 unspecified atom stereocenters. The molecule has 0 radical (unpaired) electrons. The Bertz CT molecular complexity index is 247. The van der Waals surface area contributed by atoms with Gasteiger partial charge < -0.3 is 10.4 Å². The van der Waals surface area contributed by atoms with E-state index in [9.17, 15) is 5.11 Å². The molecule has 1 saturated carbocycles. The van der Waals surface area contributed by atoms with E-state index in [1.54, 1.807) is 0 Å². The number of hydrogen-bond acceptors (Lipinski definition) is 3. The number of likely N-dealkylation sites (tertiary alicyclic amines) is 1. The Morgan fingerprint density at radius 1 is 1.11 bits per heavy atom. The highest BCUT2D eigenvalue weighted by Gasteiger charge is 2.30. The summed E-state index contributed by atoms with van der Waals surface area (Å²) in [6.45, 7) is 6.15. The molecule has 1 aliphatic heterocycles. The number of nitrogens with zero attached hydrogens (tertiary/aromatic N) is 1. The summed E-state index contributed by atoms with van der Waals surface area (Å²) in [7, 11) is 0. The first kappa shape index (κ1) is 15.3. The van der Waals surface area contributed by atoms with E-state index in [1.165, 1.54) is 64.5 Å². The van der Waals surface area contributed by atoms with Crippen molar-refractivity contribution in [3.8, 4) is 0 Å². The van der Waals surface area contributed by atoms with Gasteiger partial charge in [0.05, 0.1) is 6.61 Å². The fourth-order valence-electron chi connectivity index (χ4n) is 3.84. The van der Waals surface area contributed by atoms with Crippen molar-refractivity contribution in [2.75, 3.05) is 26.2 Å². The van der Waals surface area contributed by atoms with Crippen LogP contribution in [0.4, 0.5) is 0 Å². The number of aliphatic hydroxyl groups excluding tert-OH is 1. The third kappa shape index (κ3) is 4.44. The molecule has 0 aromatic heterocycles. The van der Waals surface area contributed by atoms with Crippen molar-refractivity contribution in [3.63, 3.8) is 0 Å². The van der Waals surface area contributed by atoms with Gasteiger partial charge >= 0.3 is 0 Å². The second kappa shape index (κ2) is 8.23. The third-order valence-electron chi connectivity index (χ3n) is 4.99. The Labute approximate surface area is 118 Å². The summed E-state index contributed by atoms with van der Waals surface area (Å²) in [5, 5.41) is 13.3. The van der Waals surface area contributed by atoms with Crippen LogP contribution in [0.3, 0.4) is 0 Å². The molecule has 2 rings (SSSR count). The summed E-state index contributed by atoms with van der Waals surface area (Å²) in [6.07, 6.45) is 10.5. The predicted octanol–water partition coefficient (Wildman–Crippen LogP) is 2.39. The number of aliphatic hydroxyl groups is 1. The van der Waals surface area contributed by atoms with E-state index in [4.69, 9.17) is 0 Å². The average molecular weight is 268 g/mol. The van der Waals surface area contributed by atoms with Gasteiger partial charge in [0, 0.05) is 18.6 Å². The summed E-state index contributed by atoms with van der Waals surface area (Å²) >= 11 is 0. The van der Waals surface area contributed by atoms with E-state index in [0.29, 0.717) is 12.6 Å². The highest BCUT2D eigenvalue weighted by molar-refractivity contribution is 4.87. The third-order valence-corrected chi connectivity index (χ3v) is 4.99. The standard InChI is InChI=1S/C16H32N2O/c1-2-10-17-16-9-6-7-14(16)12-18-11-5-3-4-8-15(18)13-19/h14-17,19H,2-13H2,1H3. The Kier molecular flexibility index (Phi) is 6.62. The average Bonchev–Trinajstić information content (AvgIpc) is 2.73. The summed E-state index contributed by atoms with van der Waals surface area (Å²) in [5.74, 6) is 0.804. The van der Waals surface area contributed by atoms with Crippen molar-refractivity contribution in [2.24, 2.45) is 5.92 Å². The first-order valence-corrected chi connectivity index (χ1v) is 8.43. The van der Waals surface area contributed by atoms with Gasteiger partial charge in [0.15, 0.2) is 0 Å². The Morgan fingerprint density at radius 3 is 2.79 bits per heavy atom. The Hall–Kier alpha value is -0.120. The van der Waals surface area contributed by atoms with Crippen molar-refractivity contribution < 1.29 is 5.11 Å². The fraction of sp³-hybridized carbons (Fsp3) is 1.00. The molecule has 2 fully saturated rings. The predicted molar refractivity (Wildman–Crippen MR) is 80.3 cm³/mol. The fourth-order valence-corrected chi connectivity index (χ4v) is 3.84. The molecule has 19 heavy (non-hydrogen) atoms. The highest BCUT2D eigenvalue weighted by Crippen LogP contribution is 2.28. The maximum Gasteiger partial charge on any atom is 0.0586 e. The van der Waals surface area contributed by atoms with Crippen LogP contribution in [-0.2, 0) is 0 Å². The molecule has 0 aromatic rings. The molecule has 0 bridgehead atoms. The van der Waals surface area contributed by atoms with Crippen LogP contribution >= 0.6 is 0 Å². The van der Waals surface area contributed by atoms with Gasteiger partial charge in [-0.25, -0.2) is 0 Å². The largest absolute Gasteiger partial charge is 0.395 e. The normalized spacial score (nSPS) is 33.5. The maximum absolute atomic E-state index is 9.61. The van der Waals surface area contributed by atoms with Crippen LogP contribution in [0.2, 0.25) is 0 Å². The van der Waals surface area contributed by atoms with Crippen LogP contribution in [0.1, 0.15) is 58.3 Å². The van der Waals surface area contributed by atoms with E-state index in [0.717, 1.165) is 18.5 Å². The quantitative estimate of drug-likeness (QED) is 0.776. The van der Waals surface area contributed by atoms with Gasteiger partial charge in [-0.3, -0.25) is 4.90 Å². The van der Waals surface area contributed by atoms with Crippen molar-refractivity contribution in [3.05, 3.63) is 0 Å². The molecule has 0 aromatic carbocycles. The Morgan fingerprint density at radius 2 is 2.00 bits per heavy atom. The lowest BCUT2D eigenvalue weighted by molar-refractivity contribution is 0.104. The molecular formula is C16H32N2O. The monoisotopic (exact) mass is 268 g/mol. The minimum absolute atomic E-state index is 0.347. The van der Waals surface area contributed by atoms with E-state index in [-0.39, 0.29) is 0 Å². The van der Waals surface area contributed by atoms with Gasteiger partial charge in [0.2, 0.25) is 0 Å². The number of rotatable bonds is 6. The minimum atomic E-state index is 0.347. The van der Waals surface area contributed by atoms with Crippen LogP contribution in [0, 0.1) is 5.92 Å². The van der Waals surface area contributed by atoms with Crippen LogP contribution < -0.4 is 5.32 Å². The number of hydrogen-bond donors (Lipinski definition) is 2. The topological polar surface area (TPSA) is 35.5 Å². The van der Waals surface area contributed by atoms with E-state index >= 15 is 0 Å². The first-order chi connectivity index (χ1) is 9.35. The molecule has 3 heteroatoms. The first-order valence-electron chi connectivity index (χ1n) is 8.43. The van der Waals surface area contributed by atoms with Gasteiger partial charge in [-0.2, -0.15) is 0 Å². The van der Waals surface area contributed by atoms with Crippen LogP contribution in [-0.4, -0.2) is 48.3 Å². The minimum Gasteiger partial charge on any atom is -0.395 e. The number of nitrogens with one attached hydrogen (secondary N) is 1. The Balaban J connectivity index is 1.86. The second-order valence-electron chi connectivity index (χ2n) is 6.43. The summed E-state index contributed by atoms with van der Waals surface area (Å²) in [5.41, 5.74) is 0. The SMILES string of the molecule is CCCNC1CCCC1CN1CCCCCC1CO. The zero-order chi connectivity index (χ0) is 13.5. The molecule has 1 heterocycles. The van der Waals surface area contributed by atoms with Gasteiger partial charge in [0.25, 0.3) is 0 Å². The maximum atomic E-state index is 9.61. The molecule has 0 spiro atoms. The molecule has 112 valence electrons. The van der Waals surface area contributed by atoms with Gasteiger partial charge in [-0.1, -0.05) is 26.2 Å². The molecule has 1 saturated heterocycles. The van der Waals surface area contributed by atoms with Crippen molar-refractivity contribution in [1.29, 1.82) is 0 Å². The van der Waals surface area contributed by atoms with Gasteiger partial charge in [-0.15, -0.1) is 0 Å². The van der Waals surface area contributed by atoms with E-state index < -0.39 is 0 Å². The van der Waals surface area contributed by atoms with Crippen LogP contribution in [0.25, 0.3) is 0 Å². The zero-order valence-electron chi connectivity index (χ0n) is 12.6. The lowest BCUT2D eigenvalue weighted by Gasteiger charge is -2.33. The van der Waals surface area contributed by atoms with Crippen molar-refractivity contribution in [2.45, 2.75) is 70.4 Å². The second-order valence-corrected chi connectivity index (χ2v) is 6.43. The zero-order valence-corrected chi connectivity index (χ0v) is 12.6. The van der Waals surface area contributed by atoms with Crippen LogP contribution in [0.15, 0.2) is 0 Å². The smallest absolute Gasteiger partial charge is 0.0586 e. The molecule has 0 amide bonds. The molecule has 3 nitrogen and oxygen atoms in total. The molecule has 1 aliphatic carbocycles. The molecule has 3 atom stereocenters. The van der Waals surface area contributed by atoms with Crippen molar-refractivity contribution in [1.82, 2.24) is 10.2 Å². The lowest BCUT2D eigenvalue weighted by atomic mass is 10.0. The lowest BCUT2D eigenvalue weighted by Crippen LogP contribution is -2.44. The van der Waals surface area contributed by atoms with Gasteiger partial charge in [-0.05, 0) is 51.1 Å². The summed E-state index contributed by atoms with van der Waals surface area (Å²) < 4.78 is 0.